The van der Waals surface area contributed by atoms with Gasteiger partial charge in [-0.05, 0) is 18.1 Å². The molecule has 0 amide bonds. The number of pyridine rings is 1. The van der Waals surface area contributed by atoms with Gasteiger partial charge in [-0.1, -0.05) is 13.8 Å². The van der Waals surface area contributed by atoms with E-state index in [1.165, 1.54) is 4.31 Å². The number of piperazine rings is 1. The minimum Gasteiger partial charge on any atom is -0.396 e. The van der Waals surface area contributed by atoms with Crippen LogP contribution in [0, 0.1) is 5.92 Å². The van der Waals surface area contributed by atoms with Gasteiger partial charge in [-0.2, -0.15) is 12.7 Å². The van der Waals surface area contributed by atoms with Crippen LogP contribution in [-0.4, -0.2) is 50.4 Å². The van der Waals surface area contributed by atoms with E-state index >= 15 is 0 Å². The van der Waals surface area contributed by atoms with E-state index in [9.17, 15) is 8.42 Å². The second kappa shape index (κ2) is 6.59. The summed E-state index contributed by atoms with van der Waals surface area (Å²) in [7, 11) is -3.39. The maximum Gasteiger partial charge on any atom is 0.279 e. The minimum absolute atomic E-state index is 0.286. The fraction of sp³-hybridized carbons (Fsp3) is 0.615. The zero-order chi connectivity index (χ0) is 15.5. The Hall–Kier alpha value is -1.38. The molecule has 118 valence electrons. The molecule has 0 aromatic carbocycles. The summed E-state index contributed by atoms with van der Waals surface area (Å²) in [6.07, 6.45) is 1.69. The largest absolute Gasteiger partial charge is 0.396 e. The molecule has 8 heteroatoms. The van der Waals surface area contributed by atoms with E-state index in [-0.39, 0.29) is 5.92 Å². The molecular weight excluding hydrogens is 290 g/mol. The number of anilines is 2. The van der Waals surface area contributed by atoms with Crippen LogP contribution >= 0.6 is 0 Å². The van der Waals surface area contributed by atoms with Gasteiger partial charge in [-0.3, -0.25) is 0 Å². The summed E-state index contributed by atoms with van der Waals surface area (Å²) < 4.78 is 28.4. The first kappa shape index (κ1) is 16.0. The molecule has 0 aliphatic carbocycles. The van der Waals surface area contributed by atoms with Crippen LogP contribution in [0.5, 0.6) is 0 Å². The molecule has 2 heterocycles. The molecule has 0 unspecified atom stereocenters. The third kappa shape index (κ3) is 4.05. The van der Waals surface area contributed by atoms with E-state index in [2.05, 4.69) is 9.71 Å². The predicted molar refractivity (Wildman–Crippen MR) is 84.2 cm³/mol. The molecular formula is C13H23N5O2S. The fourth-order valence-corrected chi connectivity index (χ4v) is 3.55. The van der Waals surface area contributed by atoms with E-state index in [4.69, 9.17) is 5.73 Å². The standard InChI is InChI=1S/C13H23N5O2S/c1-11(2)10-16-21(19,20)18-8-6-17(7-9-18)13-12(14)4-3-5-15-13/h3-5,11,16H,6-10,14H2,1-2H3. The third-order valence-corrected chi connectivity index (χ3v) is 4.95. The van der Waals surface area contributed by atoms with Gasteiger partial charge in [-0.25, -0.2) is 9.71 Å². The van der Waals surface area contributed by atoms with E-state index < -0.39 is 10.2 Å². The Morgan fingerprint density at radius 3 is 2.57 bits per heavy atom. The molecule has 7 nitrogen and oxygen atoms in total. The highest BCUT2D eigenvalue weighted by Crippen LogP contribution is 2.21. The van der Waals surface area contributed by atoms with Crippen molar-refractivity contribution in [2.75, 3.05) is 43.4 Å². The molecule has 1 aromatic heterocycles. The summed E-state index contributed by atoms with van der Waals surface area (Å²) in [6.45, 7) is 6.45. The highest BCUT2D eigenvalue weighted by molar-refractivity contribution is 7.87. The Kier molecular flexibility index (Phi) is 5.02. The van der Waals surface area contributed by atoms with Crippen LogP contribution in [0.4, 0.5) is 11.5 Å². The molecule has 21 heavy (non-hydrogen) atoms. The highest BCUT2D eigenvalue weighted by Gasteiger charge is 2.27. The Balaban J connectivity index is 1.96. The maximum atomic E-state index is 12.2. The molecule has 1 saturated heterocycles. The summed E-state index contributed by atoms with van der Waals surface area (Å²) in [5.41, 5.74) is 6.52. The first-order valence-electron chi connectivity index (χ1n) is 7.10. The van der Waals surface area contributed by atoms with Gasteiger partial charge in [0.2, 0.25) is 0 Å². The lowest BCUT2D eigenvalue weighted by molar-refractivity contribution is 0.375. The van der Waals surface area contributed by atoms with Crippen molar-refractivity contribution in [3.8, 4) is 0 Å². The van der Waals surface area contributed by atoms with Crippen LogP contribution in [0.1, 0.15) is 13.8 Å². The van der Waals surface area contributed by atoms with Gasteiger partial charge in [0.25, 0.3) is 10.2 Å². The molecule has 2 rings (SSSR count). The van der Waals surface area contributed by atoms with Gasteiger partial charge in [0.1, 0.15) is 0 Å². The van der Waals surface area contributed by atoms with Crippen LogP contribution in [0.25, 0.3) is 0 Å². The first-order chi connectivity index (χ1) is 9.90. The van der Waals surface area contributed by atoms with E-state index in [1.54, 1.807) is 18.3 Å². The number of nitrogens with two attached hydrogens (primary N) is 1. The van der Waals surface area contributed by atoms with Gasteiger partial charge in [-0.15, -0.1) is 0 Å². The second-order valence-electron chi connectivity index (χ2n) is 5.55. The Morgan fingerprint density at radius 1 is 1.33 bits per heavy atom. The van der Waals surface area contributed by atoms with Crippen LogP contribution < -0.4 is 15.4 Å². The first-order valence-corrected chi connectivity index (χ1v) is 8.54. The SMILES string of the molecule is CC(C)CNS(=O)(=O)N1CCN(c2ncccc2N)CC1. The number of rotatable bonds is 5. The number of aromatic nitrogens is 1. The molecule has 3 N–H and O–H groups in total. The number of nitrogens with zero attached hydrogens (tertiary/aromatic N) is 3. The van der Waals surface area contributed by atoms with Crippen molar-refractivity contribution in [1.82, 2.24) is 14.0 Å². The lowest BCUT2D eigenvalue weighted by Gasteiger charge is -2.35. The van der Waals surface area contributed by atoms with Crippen molar-refractivity contribution in [2.45, 2.75) is 13.8 Å². The van der Waals surface area contributed by atoms with Crippen LogP contribution in [0.2, 0.25) is 0 Å². The normalized spacial score (nSPS) is 17.4. The molecule has 1 aliphatic rings. The molecule has 1 aromatic rings. The third-order valence-electron chi connectivity index (χ3n) is 3.37. The van der Waals surface area contributed by atoms with E-state index in [1.807, 2.05) is 18.7 Å². The molecule has 0 bridgehead atoms. The summed E-state index contributed by atoms with van der Waals surface area (Å²) >= 11 is 0. The van der Waals surface area contributed by atoms with Gasteiger partial charge in [0, 0.05) is 38.9 Å². The predicted octanol–water partition coefficient (Wildman–Crippen LogP) is 0.276. The maximum absolute atomic E-state index is 12.2. The Bertz CT molecular complexity index is 568. The van der Waals surface area contributed by atoms with Crippen LogP contribution in [-0.2, 0) is 10.2 Å². The van der Waals surface area contributed by atoms with Crippen molar-refractivity contribution in [3.05, 3.63) is 18.3 Å². The molecule has 0 atom stereocenters. The average Bonchev–Trinajstić information content (AvgIpc) is 2.46. The minimum atomic E-state index is -3.39. The van der Waals surface area contributed by atoms with Gasteiger partial charge in [0.15, 0.2) is 5.82 Å². The van der Waals surface area contributed by atoms with Crippen molar-refractivity contribution in [1.29, 1.82) is 0 Å². The van der Waals surface area contributed by atoms with Crippen LogP contribution in [0.15, 0.2) is 18.3 Å². The van der Waals surface area contributed by atoms with Crippen molar-refractivity contribution >= 4 is 21.7 Å². The summed E-state index contributed by atoms with van der Waals surface area (Å²) in [5, 5.41) is 0. The van der Waals surface area contributed by atoms with Gasteiger partial charge < -0.3 is 10.6 Å². The monoisotopic (exact) mass is 313 g/mol. The summed E-state index contributed by atoms with van der Waals surface area (Å²) in [4.78, 5) is 6.28. The van der Waals surface area contributed by atoms with Gasteiger partial charge in [0.05, 0.1) is 5.69 Å². The average molecular weight is 313 g/mol. The number of hydrogen-bond donors (Lipinski definition) is 2. The van der Waals surface area contributed by atoms with Crippen molar-refractivity contribution < 1.29 is 8.42 Å². The lowest BCUT2D eigenvalue weighted by Crippen LogP contribution is -2.52. The molecule has 1 fully saturated rings. The Labute approximate surface area is 126 Å². The quantitative estimate of drug-likeness (QED) is 0.814. The summed E-state index contributed by atoms with van der Waals surface area (Å²) in [6, 6.07) is 3.59. The van der Waals surface area contributed by atoms with Crippen molar-refractivity contribution in [2.24, 2.45) is 5.92 Å². The Morgan fingerprint density at radius 2 is 2.00 bits per heavy atom. The zero-order valence-corrected chi connectivity index (χ0v) is 13.3. The molecule has 0 spiro atoms. The lowest BCUT2D eigenvalue weighted by atomic mass is 10.2. The van der Waals surface area contributed by atoms with Gasteiger partial charge >= 0.3 is 0 Å². The van der Waals surface area contributed by atoms with Crippen LogP contribution in [0.3, 0.4) is 0 Å². The summed E-state index contributed by atoms with van der Waals surface area (Å²) in [5.74, 6) is 1.01. The van der Waals surface area contributed by atoms with E-state index in [0.29, 0.717) is 38.4 Å². The number of hydrogen-bond acceptors (Lipinski definition) is 5. The fourth-order valence-electron chi connectivity index (χ4n) is 2.18. The zero-order valence-electron chi connectivity index (χ0n) is 12.5. The smallest absolute Gasteiger partial charge is 0.279 e. The molecule has 0 saturated carbocycles. The topological polar surface area (TPSA) is 91.6 Å². The molecule has 0 radical (unpaired) electrons. The van der Waals surface area contributed by atoms with Crippen molar-refractivity contribution in [3.63, 3.8) is 0 Å². The molecule has 1 aliphatic heterocycles. The number of nitrogen functional groups attached to an aromatic ring is 1. The number of nitrogens with one attached hydrogen (secondary N) is 1. The van der Waals surface area contributed by atoms with E-state index in [0.717, 1.165) is 5.82 Å². The highest BCUT2D eigenvalue weighted by atomic mass is 32.2. The second-order valence-corrected chi connectivity index (χ2v) is 7.30.